The largest absolute Gasteiger partial charge is 0.353 e. The third-order valence-electron chi connectivity index (χ3n) is 1.98. The molecule has 0 fully saturated rings. The number of hydrogen-bond acceptors (Lipinski definition) is 3. The smallest absolute Gasteiger partial charge is 0.157 e. The summed E-state index contributed by atoms with van der Waals surface area (Å²) >= 11 is 0. The fourth-order valence-electron chi connectivity index (χ4n) is 1.21. The number of nitrogens with one attached hydrogen (secondary N) is 1. The first-order valence-electron chi connectivity index (χ1n) is 5.14. The normalized spacial score (nSPS) is 13.8. The zero-order valence-electron chi connectivity index (χ0n) is 9.30. The highest BCUT2D eigenvalue weighted by Crippen LogP contribution is 2.15. The molecule has 1 N–H and O–H groups in total. The minimum atomic E-state index is 0.0232. The van der Waals surface area contributed by atoms with E-state index in [0.717, 1.165) is 36.4 Å². The fourth-order valence-corrected chi connectivity index (χ4v) is 1.89. The van der Waals surface area contributed by atoms with Gasteiger partial charge < -0.3 is 14.8 Å². The molecular weight excluding hydrogens is 182 g/mol. The van der Waals surface area contributed by atoms with E-state index in [2.05, 4.69) is 5.32 Å². The van der Waals surface area contributed by atoms with E-state index in [1.165, 1.54) is 0 Å². The quantitative estimate of drug-likeness (QED) is 0.452. The molecule has 0 spiro atoms. The first-order valence-corrected chi connectivity index (χ1v) is 6.29. The molecular formula is C9H23NO2Si. The molecule has 0 aromatic carbocycles. The second-order valence-corrected chi connectivity index (χ2v) is 4.63. The van der Waals surface area contributed by atoms with Crippen molar-refractivity contribution in [3.05, 3.63) is 0 Å². The van der Waals surface area contributed by atoms with Crippen molar-refractivity contribution in [1.82, 2.24) is 5.32 Å². The van der Waals surface area contributed by atoms with Gasteiger partial charge in [-0.3, -0.25) is 0 Å². The highest BCUT2D eigenvalue weighted by atomic mass is 28.1. The lowest BCUT2D eigenvalue weighted by atomic mass is 10.3. The minimum Gasteiger partial charge on any atom is -0.353 e. The lowest BCUT2D eigenvalue weighted by Crippen LogP contribution is -2.26. The Morgan fingerprint density at radius 2 is 1.77 bits per heavy atom. The molecule has 0 aliphatic rings. The summed E-state index contributed by atoms with van der Waals surface area (Å²) in [5.41, 5.74) is 0.590. The molecule has 13 heavy (non-hydrogen) atoms. The molecule has 0 amide bonds. The van der Waals surface area contributed by atoms with Crippen LogP contribution in [0.2, 0.25) is 5.54 Å². The van der Waals surface area contributed by atoms with Crippen LogP contribution in [0, 0.1) is 0 Å². The Balaban J connectivity index is 3.72. The average molecular weight is 205 g/mol. The topological polar surface area (TPSA) is 30.5 Å². The lowest BCUT2D eigenvalue weighted by Gasteiger charge is -2.23. The Bertz CT molecular complexity index is 108. The maximum atomic E-state index is 5.53. The summed E-state index contributed by atoms with van der Waals surface area (Å²) in [7, 11) is 3.10. The van der Waals surface area contributed by atoms with Crippen molar-refractivity contribution in [3.8, 4) is 0 Å². The fraction of sp³-hybridized carbons (Fsp3) is 1.00. The van der Waals surface area contributed by atoms with E-state index < -0.39 is 0 Å². The van der Waals surface area contributed by atoms with Crippen molar-refractivity contribution < 1.29 is 9.47 Å². The van der Waals surface area contributed by atoms with E-state index in [0.29, 0.717) is 5.54 Å². The van der Waals surface area contributed by atoms with Crippen LogP contribution < -0.4 is 5.32 Å². The number of rotatable bonds is 8. The zero-order valence-corrected chi connectivity index (χ0v) is 11.3. The number of hydrogen-bond donors (Lipinski definition) is 1. The van der Waals surface area contributed by atoms with Gasteiger partial charge in [-0.15, -0.1) is 0 Å². The zero-order chi connectivity index (χ0) is 10.1. The van der Waals surface area contributed by atoms with Crippen molar-refractivity contribution in [2.24, 2.45) is 0 Å². The highest BCUT2D eigenvalue weighted by molar-refractivity contribution is 6.11. The molecule has 0 aliphatic heterocycles. The molecule has 80 valence electrons. The van der Waals surface area contributed by atoms with E-state index in [4.69, 9.17) is 9.47 Å². The van der Waals surface area contributed by atoms with Crippen LogP contribution in [0.1, 0.15) is 20.3 Å². The van der Waals surface area contributed by atoms with Gasteiger partial charge in [0.05, 0.1) is 0 Å². The van der Waals surface area contributed by atoms with Gasteiger partial charge in [-0.25, -0.2) is 0 Å². The van der Waals surface area contributed by atoms with E-state index in [1.807, 2.05) is 20.9 Å². The van der Waals surface area contributed by atoms with Crippen LogP contribution in [0.5, 0.6) is 0 Å². The Kier molecular flexibility index (Phi) is 8.75. The molecule has 0 saturated carbocycles. The molecule has 0 rings (SSSR count). The van der Waals surface area contributed by atoms with Crippen molar-refractivity contribution >= 4 is 10.2 Å². The Hall–Kier alpha value is 0.0969. The van der Waals surface area contributed by atoms with Gasteiger partial charge in [0.1, 0.15) is 0 Å². The molecule has 0 radical (unpaired) electrons. The predicted molar refractivity (Wildman–Crippen MR) is 59.3 cm³/mol. The number of ether oxygens (including phenoxy) is 2. The van der Waals surface area contributed by atoms with Gasteiger partial charge in [-0.1, -0.05) is 0 Å². The van der Waals surface area contributed by atoms with Gasteiger partial charge in [0.2, 0.25) is 0 Å². The molecule has 0 saturated heterocycles. The van der Waals surface area contributed by atoms with Crippen molar-refractivity contribution in [3.63, 3.8) is 0 Å². The van der Waals surface area contributed by atoms with Crippen LogP contribution in [0.15, 0.2) is 0 Å². The third kappa shape index (κ3) is 6.21. The summed E-state index contributed by atoms with van der Waals surface area (Å²) in [6, 6.07) is 0. The molecule has 0 aromatic heterocycles. The molecule has 0 aliphatic carbocycles. The van der Waals surface area contributed by atoms with E-state index in [-0.39, 0.29) is 6.29 Å². The van der Waals surface area contributed by atoms with Gasteiger partial charge in [0.25, 0.3) is 0 Å². The maximum absolute atomic E-state index is 5.53. The van der Waals surface area contributed by atoms with Gasteiger partial charge in [0, 0.05) is 23.5 Å². The Labute approximate surface area is 84.6 Å². The van der Waals surface area contributed by atoms with Crippen LogP contribution in [0.4, 0.5) is 0 Å². The van der Waals surface area contributed by atoms with Gasteiger partial charge in [-0.2, -0.15) is 0 Å². The summed E-state index contributed by atoms with van der Waals surface area (Å²) in [6.45, 7) is 6.55. The van der Waals surface area contributed by atoms with Crippen molar-refractivity contribution in [1.29, 1.82) is 0 Å². The van der Waals surface area contributed by atoms with E-state index in [9.17, 15) is 0 Å². The van der Waals surface area contributed by atoms with Gasteiger partial charge in [0.15, 0.2) is 6.29 Å². The highest BCUT2D eigenvalue weighted by Gasteiger charge is 2.16. The first-order chi connectivity index (χ1) is 6.26. The summed E-state index contributed by atoms with van der Waals surface area (Å²) in [5.74, 6) is 0. The monoisotopic (exact) mass is 205 g/mol. The first kappa shape index (κ1) is 13.1. The average Bonchev–Trinajstić information content (AvgIpc) is 2.14. The molecule has 3 nitrogen and oxygen atoms in total. The van der Waals surface area contributed by atoms with Gasteiger partial charge >= 0.3 is 0 Å². The van der Waals surface area contributed by atoms with Crippen molar-refractivity contribution in [2.45, 2.75) is 32.1 Å². The molecule has 1 unspecified atom stereocenters. The maximum Gasteiger partial charge on any atom is 0.157 e. The van der Waals surface area contributed by atoms with Crippen LogP contribution in [0.25, 0.3) is 0 Å². The van der Waals surface area contributed by atoms with E-state index >= 15 is 0 Å². The SMILES string of the molecule is CCOC(OCC)C([SiH3])CCNC. The minimum absolute atomic E-state index is 0.0232. The third-order valence-corrected chi connectivity index (χ3v) is 3.10. The summed E-state index contributed by atoms with van der Waals surface area (Å²) in [6.07, 6.45) is 1.17. The molecule has 0 aromatic rings. The molecule has 0 heterocycles. The second kappa shape index (κ2) is 8.68. The molecule has 0 bridgehead atoms. The lowest BCUT2D eigenvalue weighted by molar-refractivity contribution is -0.139. The van der Waals surface area contributed by atoms with Crippen LogP contribution in [0.3, 0.4) is 0 Å². The van der Waals surface area contributed by atoms with E-state index in [1.54, 1.807) is 0 Å². The molecule has 1 atom stereocenters. The Morgan fingerprint density at radius 1 is 1.23 bits per heavy atom. The van der Waals surface area contributed by atoms with Crippen LogP contribution in [-0.2, 0) is 9.47 Å². The molecule has 4 heteroatoms. The predicted octanol–water partition coefficient (Wildman–Crippen LogP) is 0.149. The van der Waals surface area contributed by atoms with Crippen molar-refractivity contribution in [2.75, 3.05) is 26.8 Å². The second-order valence-electron chi connectivity index (χ2n) is 3.15. The standard InChI is InChI=1S/C9H23NO2Si/c1-4-11-9(12-5-2)8(13)6-7-10-3/h8-10H,4-7H2,1-3,13H3. The van der Waals surface area contributed by atoms with Crippen LogP contribution >= 0.6 is 0 Å². The summed E-state index contributed by atoms with van der Waals surface area (Å²) in [4.78, 5) is 0. The summed E-state index contributed by atoms with van der Waals surface area (Å²) < 4.78 is 11.1. The summed E-state index contributed by atoms with van der Waals surface area (Å²) in [5, 5.41) is 3.15. The Morgan fingerprint density at radius 3 is 2.15 bits per heavy atom. The van der Waals surface area contributed by atoms with Crippen LogP contribution in [-0.4, -0.2) is 43.3 Å². The van der Waals surface area contributed by atoms with Gasteiger partial charge in [-0.05, 0) is 39.4 Å².